The number of methoxy groups -OCH3 is 1. The number of aromatic nitrogens is 3. The maximum Gasteiger partial charge on any atom is 0.140 e. The van der Waals surface area contributed by atoms with Crippen LogP contribution in [-0.2, 0) is 17.8 Å². The van der Waals surface area contributed by atoms with Gasteiger partial charge >= 0.3 is 0 Å². The number of nitrogens with zero attached hydrogens (tertiary/aromatic N) is 3. The van der Waals surface area contributed by atoms with Crippen molar-refractivity contribution in [1.82, 2.24) is 20.1 Å². The van der Waals surface area contributed by atoms with Gasteiger partial charge in [-0.25, -0.2) is 9.67 Å². The van der Waals surface area contributed by atoms with Crippen LogP contribution in [0, 0.1) is 0 Å². The van der Waals surface area contributed by atoms with Gasteiger partial charge in [-0.1, -0.05) is 6.92 Å². The molecule has 1 aromatic rings. The number of halogens is 1. The summed E-state index contributed by atoms with van der Waals surface area (Å²) in [7, 11) is 1.65. The molecule has 1 rings (SSSR count). The minimum atomic E-state index is -0.00690. The van der Waals surface area contributed by atoms with E-state index in [0.29, 0.717) is 19.7 Å². The molecule has 0 amide bonds. The molecule has 16 heavy (non-hydrogen) atoms. The summed E-state index contributed by atoms with van der Waals surface area (Å²) in [5.41, 5.74) is 0. The molecule has 6 heteroatoms. The fraction of sp³-hybridized carbons (Fsp3) is 0.800. The van der Waals surface area contributed by atoms with E-state index in [1.165, 1.54) is 0 Å². The lowest BCUT2D eigenvalue weighted by Gasteiger charge is -2.09. The average molecular weight is 247 g/mol. The quantitative estimate of drug-likeness (QED) is 0.697. The Balaban J connectivity index is 2.28. The molecule has 0 bridgehead atoms. The minimum absolute atomic E-state index is 0.00690. The fourth-order valence-corrected chi connectivity index (χ4v) is 1.64. The summed E-state index contributed by atoms with van der Waals surface area (Å²) in [6.45, 7) is 4.96. The molecule has 0 aliphatic rings. The van der Waals surface area contributed by atoms with Gasteiger partial charge in [0, 0.05) is 20.2 Å². The van der Waals surface area contributed by atoms with Crippen molar-refractivity contribution >= 4 is 11.6 Å². The predicted molar refractivity (Wildman–Crippen MR) is 63.5 cm³/mol. The smallest absolute Gasteiger partial charge is 0.140 e. The van der Waals surface area contributed by atoms with Crippen LogP contribution in [-0.4, -0.2) is 40.4 Å². The van der Waals surface area contributed by atoms with Gasteiger partial charge in [-0.05, 0) is 6.42 Å². The standard InChI is InChI=1S/C10H19ClN4O/c1-3-4-15-10(13-8-14-15)6-12-5-9(11)7-16-2/h8-9,12H,3-7H2,1-2H3. The van der Waals surface area contributed by atoms with Gasteiger partial charge < -0.3 is 10.1 Å². The van der Waals surface area contributed by atoms with E-state index >= 15 is 0 Å². The number of hydrogen-bond donors (Lipinski definition) is 1. The van der Waals surface area contributed by atoms with E-state index in [1.807, 2.05) is 4.68 Å². The molecule has 0 saturated heterocycles. The van der Waals surface area contributed by atoms with E-state index in [2.05, 4.69) is 22.3 Å². The maximum atomic E-state index is 5.99. The Morgan fingerprint density at radius 3 is 3.12 bits per heavy atom. The van der Waals surface area contributed by atoms with Crippen LogP contribution in [0.2, 0.25) is 0 Å². The molecule has 0 aliphatic heterocycles. The first-order valence-electron chi connectivity index (χ1n) is 5.48. The van der Waals surface area contributed by atoms with Gasteiger partial charge in [-0.2, -0.15) is 5.10 Å². The maximum absolute atomic E-state index is 5.99. The van der Waals surface area contributed by atoms with Crippen molar-refractivity contribution < 1.29 is 4.74 Å². The Labute approximate surface area is 101 Å². The van der Waals surface area contributed by atoms with Crippen molar-refractivity contribution in [3.05, 3.63) is 12.2 Å². The molecule has 5 nitrogen and oxygen atoms in total. The first-order chi connectivity index (χ1) is 7.77. The Morgan fingerprint density at radius 2 is 2.44 bits per heavy atom. The molecule has 1 aromatic heterocycles. The van der Waals surface area contributed by atoms with E-state index in [4.69, 9.17) is 16.3 Å². The van der Waals surface area contributed by atoms with Crippen LogP contribution in [0.1, 0.15) is 19.2 Å². The van der Waals surface area contributed by atoms with E-state index < -0.39 is 0 Å². The van der Waals surface area contributed by atoms with Crippen LogP contribution >= 0.6 is 11.6 Å². The van der Waals surface area contributed by atoms with Crippen molar-refractivity contribution in [2.45, 2.75) is 31.8 Å². The summed E-state index contributed by atoms with van der Waals surface area (Å²) < 4.78 is 6.86. The lowest BCUT2D eigenvalue weighted by atomic mass is 10.4. The molecule has 0 radical (unpaired) electrons. The van der Waals surface area contributed by atoms with Crippen LogP contribution in [0.3, 0.4) is 0 Å². The Morgan fingerprint density at radius 1 is 1.62 bits per heavy atom. The fourth-order valence-electron chi connectivity index (χ4n) is 1.40. The number of hydrogen-bond acceptors (Lipinski definition) is 4. The number of nitrogens with one attached hydrogen (secondary N) is 1. The zero-order valence-corrected chi connectivity index (χ0v) is 10.6. The predicted octanol–water partition coefficient (Wildman–Crippen LogP) is 1.03. The molecular weight excluding hydrogens is 228 g/mol. The highest BCUT2D eigenvalue weighted by molar-refractivity contribution is 6.20. The molecule has 0 aromatic carbocycles. The highest BCUT2D eigenvalue weighted by atomic mass is 35.5. The number of ether oxygens (including phenoxy) is 1. The van der Waals surface area contributed by atoms with Crippen LogP contribution in [0.15, 0.2) is 6.33 Å². The lowest BCUT2D eigenvalue weighted by molar-refractivity contribution is 0.196. The first-order valence-corrected chi connectivity index (χ1v) is 5.92. The van der Waals surface area contributed by atoms with E-state index in [1.54, 1.807) is 13.4 Å². The van der Waals surface area contributed by atoms with Gasteiger partial charge in [0.1, 0.15) is 12.2 Å². The van der Waals surface area contributed by atoms with Gasteiger partial charge in [0.05, 0.1) is 18.5 Å². The van der Waals surface area contributed by atoms with Crippen molar-refractivity contribution in [2.24, 2.45) is 0 Å². The normalized spacial score (nSPS) is 12.9. The third kappa shape index (κ3) is 4.47. The summed E-state index contributed by atoms with van der Waals surface area (Å²) in [6.07, 6.45) is 2.64. The number of alkyl halides is 1. The van der Waals surface area contributed by atoms with Crippen LogP contribution in [0.5, 0.6) is 0 Å². The molecule has 1 unspecified atom stereocenters. The zero-order valence-electron chi connectivity index (χ0n) is 9.82. The summed E-state index contributed by atoms with van der Waals surface area (Å²) in [5, 5.41) is 7.38. The molecule has 0 aliphatic carbocycles. The molecule has 1 atom stereocenters. The highest BCUT2D eigenvalue weighted by Gasteiger charge is 2.06. The number of rotatable bonds is 8. The SMILES string of the molecule is CCCn1ncnc1CNCC(Cl)COC. The Hall–Kier alpha value is -0.650. The molecule has 0 spiro atoms. The third-order valence-electron chi connectivity index (χ3n) is 2.13. The van der Waals surface area contributed by atoms with E-state index in [9.17, 15) is 0 Å². The topological polar surface area (TPSA) is 52.0 Å². The van der Waals surface area contributed by atoms with Gasteiger partial charge in [0.15, 0.2) is 0 Å². The molecule has 92 valence electrons. The van der Waals surface area contributed by atoms with Crippen molar-refractivity contribution in [1.29, 1.82) is 0 Å². The van der Waals surface area contributed by atoms with Crippen LogP contribution < -0.4 is 5.32 Å². The lowest BCUT2D eigenvalue weighted by Crippen LogP contribution is -2.27. The van der Waals surface area contributed by atoms with Crippen molar-refractivity contribution in [3.63, 3.8) is 0 Å². The monoisotopic (exact) mass is 246 g/mol. The second-order valence-electron chi connectivity index (χ2n) is 3.58. The van der Waals surface area contributed by atoms with Gasteiger partial charge in [-0.15, -0.1) is 11.6 Å². The average Bonchev–Trinajstić information content (AvgIpc) is 2.67. The summed E-state index contributed by atoms with van der Waals surface area (Å²) in [4.78, 5) is 4.19. The molecule has 0 fully saturated rings. The molecule has 1 N–H and O–H groups in total. The third-order valence-corrected chi connectivity index (χ3v) is 2.41. The summed E-state index contributed by atoms with van der Waals surface area (Å²) >= 11 is 5.99. The summed E-state index contributed by atoms with van der Waals surface area (Å²) in [6, 6.07) is 0. The number of aryl methyl sites for hydroxylation is 1. The van der Waals surface area contributed by atoms with Gasteiger partial charge in [-0.3, -0.25) is 0 Å². The van der Waals surface area contributed by atoms with Gasteiger partial charge in [0.2, 0.25) is 0 Å². The minimum Gasteiger partial charge on any atom is -0.383 e. The van der Waals surface area contributed by atoms with E-state index in [-0.39, 0.29) is 5.38 Å². The van der Waals surface area contributed by atoms with Crippen LogP contribution in [0.4, 0.5) is 0 Å². The van der Waals surface area contributed by atoms with Crippen molar-refractivity contribution in [2.75, 3.05) is 20.3 Å². The van der Waals surface area contributed by atoms with E-state index in [0.717, 1.165) is 18.8 Å². The molecular formula is C10H19ClN4O. The first kappa shape index (κ1) is 13.4. The highest BCUT2D eigenvalue weighted by Crippen LogP contribution is 1.97. The largest absolute Gasteiger partial charge is 0.383 e. The zero-order chi connectivity index (χ0) is 11.8. The van der Waals surface area contributed by atoms with Crippen LogP contribution in [0.25, 0.3) is 0 Å². The Kier molecular flexibility index (Phi) is 6.37. The van der Waals surface area contributed by atoms with Crippen molar-refractivity contribution in [3.8, 4) is 0 Å². The second-order valence-corrected chi connectivity index (χ2v) is 4.20. The van der Waals surface area contributed by atoms with Gasteiger partial charge in [0.25, 0.3) is 0 Å². The Bertz CT molecular complexity index is 292. The molecule has 0 saturated carbocycles. The second kappa shape index (κ2) is 7.60. The molecule has 1 heterocycles. The summed E-state index contributed by atoms with van der Waals surface area (Å²) in [5.74, 6) is 0.947.